The molecular formula is C19H24FN3O3S. The van der Waals surface area contributed by atoms with Crippen LogP contribution in [0.2, 0.25) is 0 Å². The van der Waals surface area contributed by atoms with Gasteiger partial charge in [0.25, 0.3) is 0 Å². The lowest BCUT2D eigenvalue weighted by molar-refractivity contribution is -0.114. The number of para-hydroxylation sites is 1. The van der Waals surface area contributed by atoms with E-state index in [1.165, 1.54) is 18.2 Å². The summed E-state index contributed by atoms with van der Waals surface area (Å²) >= 11 is 0. The van der Waals surface area contributed by atoms with Gasteiger partial charge in [0, 0.05) is 18.8 Å². The lowest BCUT2D eigenvalue weighted by atomic mass is 10.2. The number of benzene rings is 2. The predicted octanol–water partition coefficient (Wildman–Crippen LogP) is 3.08. The maximum Gasteiger partial charge on any atom is 0.245 e. The molecule has 1 N–H and O–H groups in total. The molecule has 0 aromatic heterocycles. The Morgan fingerprint density at radius 3 is 2.07 bits per heavy atom. The van der Waals surface area contributed by atoms with Gasteiger partial charge in [-0.2, -0.15) is 0 Å². The Balaban J connectivity index is 2.21. The molecule has 0 atom stereocenters. The Bertz CT molecular complexity index is 881. The normalized spacial score (nSPS) is 11.1. The van der Waals surface area contributed by atoms with Crippen molar-refractivity contribution in [3.8, 4) is 0 Å². The summed E-state index contributed by atoms with van der Waals surface area (Å²) in [6, 6.07) is 12.7. The second-order valence-electron chi connectivity index (χ2n) is 5.99. The van der Waals surface area contributed by atoms with E-state index in [0.29, 0.717) is 5.69 Å². The molecule has 2 aromatic rings. The summed E-state index contributed by atoms with van der Waals surface area (Å²) in [5.74, 6) is -1.21. The molecule has 146 valence electrons. The first kappa shape index (κ1) is 20.7. The van der Waals surface area contributed by atoms with Crippen LogP contribution < -0.4 is 14.5 Å². The van der Waals surface area contributed by atoms with Gasteiger partial charge in [-0.1, -0.05) is 12.1 Å². The molecule has 0 spiro atoms. The van der Waals surface area contributed by atoms with Crippen LogP contribution in [-0.4, -0.2) is 40.2 Å². The van der Waals surface area contributed by atoms with Gasteiger partial charge in [-0.3, -0.25) is 9.10 Å². The maximum atomic E-state index is 13.7. The molecule has 2 rings (SSSR count). The molecule has 0 unspecified atom stereocenters. The summed E-state index contributed by atoms with van der Waals surface area (Å²) in [4.78, 5) is 14.4. The summed E-state index contributed by atoms with van der Waals surface area (Å²) in [5.41, 5.74) is 1.35. The molecule has 0 saturated heterocycles. The van der Waals surface area contributed by atoms with E-state index in [1.54, 1.807) is 18.2 Å². The monoisotopic (exact) mass is 393 g/mol. The number of nitrogens with one attached hydrogen (secondary N) is 1. The smallest absolute Gasteiger partial charge is 0.245 e. The minimum atomic E-state index is -3.69. The Hall–Kier alpha value is -2.61. The lowest BCUT2D eigenvalue weighted by Crippen LogP contribution is -2.37. The number of carbonyl (C=O) groups excluding carboxylic acids is 1. The third-order valence-electron chi connectivity index (χ3n) is 4.10. The zero-order chi connectivity index (χ0) is 20.0. The molecule has 0 aliphatic carbocycles. The number of halogens is 1. The van der Waals surface area contributed by atoms with Gasteiger partial charge >= 0.3 is 0 Å². The zero-order valence-electron chi connectivity index (χ0n) is 15.6. The number of carbonyl (C=O) groups is 1. The number of hydrogen-bond donors (Lipinski definition) is 1. The van der Waals surface area contributed by atoms with Crippen molar-refractivity contribution in [3.63, 3.8) is 0 Å². The first-order valence-electron chi connectivity index (χ1n) is 8.63. The van der Waals surface area contributed by atoms with Crippen molar-refractivity contribution in [1.82, 2.24) is 0 Å². The molecule has 27 heavy (non-hydrogen) atoms. The van der Waals surface area contributed by atoms with Crippen molar-refractivity contribution in [1.29, 1.82) is 0 Å². The average molecular weight is 393 g/mol. The fraction of sp³-hybridized carbons (Fsp3) is 0.316. The highest BCUT2D eigenvalue weighted by Crippen LogP contribution is 2.23. The van der Waals surface area contributed by atoms with Crippen molar-refractivity contribution in [2.24, 2.45) is 0 Å². The third kappa shape index (κ3) is 5.43. The Kier molecular flexibility index (Phi) is 6.79. The van der Waals surface area contributed by atoms with Crippen molar-refractivity contribution < 1.29 is 17.6 Å². The van der Waals surface area contributed by atoms with Crippen molar-refractivity contribution in [2.45, 2.75) is 13.8 Å². The molecule has 2 aromatic carbocycles. The van der Waals surface area contributed by atoms with Crippen LogP contribution in [0, 0.1) is 5.82 Å². The quantitative estimate of drug-likeness (QED) is 0.748. The van der Waals surface area contributed by atoms with Crippen LogP contribution in [0.3, 0.4) is 0 Å². The molecule has 0 aliphatic rings. The van der Waals surface area contributed by atoms with Gasteiger partial charge in [0.2, 0.25) is 15.9 Å². The van der Waals surface area contributed by atoms with E-state index >= 15 is 0 Å². The number of hydrogen-bond acceptors (Lipinski definition) is 4. The molecule has 0 bridgehead atoms. The number of nitrogens with zero attached hydrogens (tertiary/aromatic N) is 2. The van der Waals surface area contributed by atoms with Gasteiger partial charge in [0.05, 0.1) is 17.6 Å². The fourth-order valence-corrected chi connectivity index (χ4v) is 3.56. The van der Waals surface area contributed by atoms with Gasteiger partial charge in [-0.05, 0) is 50.2 Å². The average Bonchev–Trinajstić information content (AvgIpc) is 2.62. The van der Waals surface area contributed by atoms with E-state index in [1.807, 2.05) is 26.0 Å². The summed E-state index contributed by atoms with van der Waals surface area (Å²) in [6.45, 7) is 5.28. The Labute approximate surface area is 159 Å². The topological polar surface area (TPSA) is 69.7 Å². The molecule has 0 heterocycles. The predicted molar refractivity (Wildman–Crippen MR) is 107 cm³/mol. The summed E-state index contributed by atoms with van der Waals surface area (Å²) in [7, 11) is -3.69. The number of anilines is 3. The van der Waals surface area contributed by atoms with Gasteiger partial charge in [-0.25, -0.2) is 12.8 Å². The number of amides is 1. The Morgan fingerprint density at radius 2 is 1.56 bits per heavy atom. The summed E-state index contributed by atoms with van der Waals surface area (Å²) < 4.78 is 39.0. The SMILES string of the molecule is CCN(CC)c1ccc(N(CC(=O)Nc2ccccc2F)S(C)(=O)=O)cc1. The number of sulfonamides is 1. The number of rotatable bonds is 8. The standard InChI is InChI=1S/C19H24FN3O3S/c1-4-22(5-2)15-10-12-16(13-11-15)23(27(3,25)26)14-19(24)21-18-9-7-6-8-17(18)20/h6-13H,4-5,14H2,1-3H3,(H,21,24). The molecule has 1 amide bonds. The van der Waals surface area contributed by atoms with Crippen LogP contribution in [-0.2, 0) is 14.8 Å². The van der Waals surface area contributed by atoms with E-state index in [2.05, 4.69) is 10.2 Å². The maximum absolute atomic E-state index is 13.7. The van der Waals surface area contributed by atoms with Crippen LogP contribution >= 0.6 is 0 Å². The highest BCUT2D eigenvalue weighted by atomic mass is 32.2. The van der Waals surface area contributed by atoms with E-state index in [0.717, 1.165) is 29.3 Å². The minimum absolute atomic E-state index is 0.00725. The van der Waals surface area contributed by atoms with Gasteiger partial charge in [-0.15, -0.1) is 0 Å². The Morgan fingerprint density at radius 1 is 1.00 bits per heavy atom. The van der Waals surface area contributed by atoms with Crippen LogP contribution in [0.4, 0.5) is 21.5 Å². The van der Waals surface area contributed by atoms with Crippen molar-refractivity contribution in [2.75, 3.05) is 40.4 Å². The minimum Gasteiger partial charge on any atom is -0.372 e. The van der Waals surface area contributed by atoms with Crippen LogP contribution in [0.15, 0.2) is 48.5 Å². The zero-order valence-corrected chi connectivity index (χ0v) is 16.5. The molecule has 0 aliphatic heterocycles. The molecule has 0 radical (unpaired) electrons. The first-order valence-corrected chi connectivity index (χ1v) is 10.5. The largest absolute Gasteiger partial charge is 0.372 e. The van der Waals surface area contributed by atoms with Crippen LogP contribution in [0.25, 0.3) is 0 Å². The summed E-state index contributed by atoms with van der Waals surface area (Å²) in [5, 5.41) is 2.40. The molecule has 6 nitrogen and oxygen atoms in total. The molecule has 0 saturated carbocycles. The van der Waals surface area contributed by atoms with Crippen LogP contribution in [0.1, 0.15) is 13.8 Å². The van der Waals surface area contributed by atoms with E-state index < -0.39 is 28.3 Å². The second-order valence-corrected chi connectivity index (χ2v) is 7.89. The highest BCUT2D eigenvalue weighted by Gasteiger charge is 2.21. The molecular weight excluding hydrogens is 369 g/mol. The van der Waals surface area contributed by atoms with E-state index in [9.17, 15) is 17.6 Å². The highest BCUT2D eigenvalue weighted by molar-refractivity contribution is 7.92. The second kappa shape index (κ2) is 8.85. The van der Waals surface area contributed by atoms with E-state index in [-0.39, 0.29) is 5.69 Å². The van der Waals surface area contributed by atoms with Gasteiger partial charge < -0.3 is 10.2 Å². The van der Waals surface area contributed by atoms with Gasteiger partial charge in [0.15, 0.2) is 0 Å². The molecule has 8 heteroatoms. The van der Waals surface area contributed by atoms with Crippen LogP contribution in [0.5, 0.6) is 0 Å². The van der Waals surface area contributed by atoms with Gasteiger partial charge in [0.1, 0.15) is 12.4 Å². The summed E-state index contributed by atoms with van der Waals surface area (Å²) in [6.07, 6.45) is 1.03. The lowest BCUT2D eigenvalue weighted by Gasteiger charge is -2.24. The van der Waals surface area contributed by atoms with Crippen molar-refractivity contribution >= 4 is 33.0 Å². The fourth-order valence-electron chi connectivity index (χ4n) is 2.70. The first-order chi connectivity index (χ1) is 12.8. The third-order valence-corrected chi connectivity index (χ3v) is 5.24. The van der Waals surface area contributed by atoms with Crippen molar-refractivity contribution in [3.05, 3.63) is 54.3 Å². The molecule has 0 fully saturated rings. The van der Waals surface area contributed by atoms with E-state index in [4.69, 9.17) is 0 Å².